The van der Waals surface area contributed by atoms with Gasteiger partial charge in [0.2, 0.25) is 5.91 Å². The van der Waals surface area contributed by atoms with Crippen molar-refractivity contribution < 1.29 is 33.6 Å². The molecule has 1 saturated carbocycles. The van der Waals surface area contributed by atoms with Crippen molar-refractivity contribution in [2.45, 2.75) is 37.9 Å². The number of hydrogen-bond donors (Lipinski definition) is 1. The summed E-state index contributed by atoms with van der Waals surface area (Å²) in [4.78, 5) is 22.1. The average Bonchev–Trinajstić information content (AvgIpc) is 2.95. The Hall–Kier alpha value is -1.22. The number of fused-ring (bicyclic) bond motifs is 1. The molecule has 22 heavy (non-hydrogen) atoms. The van der Waals surface area contributed by atoms with Gasteiger partial charge in [0.15, 0.2) is 5.79 Å². The van der Waals surface area contributed by atoms with E-state index in [1.807, 2.05) is 0 Å². The lowest BCUT2D eigenvalue weighted by atomic mass is 10.1. The average molecular weight is 319 g/mol. The number of carboxylic acid groups (broad SMARTS) is 1. The van der Waals surface area contributed by atoms with E-state index in [4.69, 9.17) is 28.8 Å². The predicted octanol–water partition coefficient (Wildman–Crippen LogP) is -0.0431. The Labute approximate surface area is 130 Å². The fourth-order valence-corrected chi connectivity index (χ4v) is 3.04. The van der Waals surface area contributed by atoms with Gasteiger partial charge >= 0.3 is 0 Å². The maximum Gasteiger partial charge on any atom is 0.300 e. The van der Waals surface area contributed by atoms with Gasteiger partial charge in [-0.2, -0.15) is 0 Å². The Morgan fingerprint density at radius 3 is 2.18 bits per heavy atom. The molecule has 1 N–H and O–H groups in total. The molecule has 5 atom stereocenters. The van der Waals surface area contributed by atoms with Gasteiger partial charge in [-0.3, -0.25) is 9.59 Å². The fraction of sp³-hybridized carbons (Fsp3) is 0.857. The molecule has 2 rings (SSSR count). The first-order valence-electron chi connectivity index (χ1n) is 6.94. The van der Waals surface area contributed by atoms with E-state index in [0.29, 0.717) is 6.61 Å². The van der Waals surface area contributed by atoms with Gasteiger partial charge in [-0.25, -0.2) is 0 Å². The topological polar surface area (TPSA) is 94.5 Å². The minimum atomic E-state index is -0.833. The zero-order chi connectivity index (χ0) is 17.1. The highest BCUT2D eigenvalue weighted by atomic mass is 16.7. The molecular weight excluding hydrogens is 294 g/mol. The fourth-order valence-electron chi connectivity index (χ4n) is 3.04. The summed E-state index contributed by atoms with van der Waals surface area (Å²) in [6.07, 6.45) is -0.266. The second-order valence-corrected chi connectivity index (χ2v) is 5.36. The van der Waals surface area contributed by atoms with Gasteiger partial charge in [-0.1, -0.05) is 0 Å². The van der Waals surface area contributed by atoms with Gasteiger partial charge in [0.25, 0.3) is 5.97 Å². The predicted molar refractivity (Wildman–Crippen MR) is 76.3 cm³/mol. The minimum Gasteiger partial charge on any atom is -0.481 e. The quantitative estimate of drug-likeness (QED) is 0.759. The van der Waals surface area contributed by atoms with Crippen molar-refractivity contribution in [3.8, 4) is 0 Å². The summed E-state index contributed by atoms with van der Waals surface area (Å²) in [5.41, 5.74) is 0. The van der Waals surface area contributed by atoms with Crippen molar-refractivity contribution in [2.24, 2.45) is 5.92 Å². The normalized spacial score (nSPS) is 35.2. The summed E-state index contributed by atoms with van der Waals surface area (Å²) in [6.45, 7) is 3.07. The molecule has 0 aromatic rings. The first-order valence-corrected chi connectivity index (χ1v) is 6.94. The number of methoxy groups -OCH3 is 3. The molecule has 8 nitrogen and oxygen atoms in total. The van der Waals surface area contributed by atoms with Crippen molar-refractivity contribution in [3.05, 3.63) is 0 Å². The van der Waals surface area contributed by atoms with E-state index in [-0.39, 0.29) is 30.1 Å². The third kappa shape index (κ3) is 3.40. The lowest BCUT2D eigenvalue weighted by molar-refractivity contribution is -0.189. The number of hydrogen-bond acceptors (Lipinski definition) is 6. The van der Waals surface area contributed by atoms with Crippen LogP contribution in [0.5, 0.6) is 0 Å². The molecule has 2 aliphatic rings. The molecule has 0 bridgehead atoms. The summed E-state index contributed by atoms with van der Waals surface area (Å²) in [5, 5.41) is 7.42. The van der Waals surface area contributed by atoms with Crippen molar-refractivity contribution in [1.29, 1.82) is 0 Å². The van der Waals surface area contributed by atoms with E-state index < -0.39 is 11.8 Å². The SMILES string of the molecule is CC(=O)O.COCC1OC2(OC)C(C1OC)C2N(C)C(C)=O. The Balaban J connectivity index is 0.000000541. The number of amides is 1. The number of carbonyl (C=O) groups excluding carboxylic acids is 1. The molecule has 1 saturated heterocycles. The van der Waals surface area contributed by atoms with Crippen LogP contribution in [0.3, 0.4) is 0 Å². The van der Waals surface area contributed by atoms with Crippen LogP contribution in [-0.2, 0) is 28.5 Å². The smallest absolute Gasteiger partial charge is 0.300 e. The van der Waals surface area contributed by atoms with E-state index in [2.05, 4.69) is 0 Å². The van der Waals surface area contributed by atoms with Crippen LogP contribution >= 0.6 is 0 Å². The zero-order valence-corrected chi connectivity index (χ0v) is 13.9. The number of rotatable bonds is 5. The summed E-state index contributed by atoms with van der Waals surface area (Å²) in [7, 11) is 6.63. The van der Waals surface area contributed by atoms with Crippen molar-refractivity contribution in [1.82, 2.24) is 4.90 Å². The maximum absolute atomic E-state index is 11.5. The Bertz CT molecular complexity index is 412. The van der Waals surface area contributed by atoms with Gasteiger partial charge in [0.05, 0.1) is 24.7 Å². The van der Waals surface area contributed by atoms with Crippen LogP contribution in [-0.4, -0.2) is 80.9 Å². The molecule has 2 fully saturated rings. The lowest BCUT2D eigenvalue weighted by Gasteiger charge is -2.27. The molecule has 0 aromatic heterocycles. The van der Waals surface area contributed by atoms with Crippen LogP contribution in [0.1, 0.15) is 13.8 Å². The minimum absolute atomic E-state index is 0.00688. The summed E-state index contributed by atoms with van der Waals surface area (Å²) in [5.74, 6) is -1.53. The Morgan fingerprint density at radius 1 is 1.27 bits per heavy atom. The van der Waals surface area contributed by atoms with E-state index in [9.17, 15) is 4.79 Å². The molecule has 1 heterocycles. The van der Waals surface area contributed by atoms with E-state index in [0.717, 1.165) is 6.92 Å². The standard InChI is InChI=1S/C12H21NO5.C2H4O2/c1-7(14)13(2)11-9-10(16-4)8(6-15-3)18-12(9,11)17-5;1-2(3)4/h8-11H,6H2,1-5H3;1H3,(H,3,4). The zero-order valence-electron chi connectivity index (χ0n) is 13.9. The molecule has 0 spiro atoms. The third-order valence-electron chi connectivity index (χ3n) is 4.00. The molecule has 1 amide bonds. The molecule has 0 radical (unpaired) electrons. The first-order chi connectivity index (χ1) is 10.3. The highest BCUT2D eigenvalue weighted by molar-refractivity contribution is 5.74. The van der Waals surface area contributed by atoms with E-state index in [1.54, 1.807) is 33.3 Å². The van der Waals surface area contributed by atoms with Gasteiger partial charge in [-0.15, -0.1) is 0 Å². The van der Waals surface area contributed by atoms with Crippen LogP contribution in [0, 0.1) is 5.92 Å². The highest BCUT2D eigenvalue weighted by Gasteiger charge is 2.79. The van der Waals surface area contributed by atoms with Crippen LogP contribution in [0.2, 0.25) is 0 Å². The molecule has 5 unspecified atom stereocenters. The number of carboxylic acids is 1. The number of carbonyl (C=O) groups is 2. The molecule has 128 valence electrons. The second-order valence-electron chi connectivity index (χ2n) is 5.36. The Kier molecular flexibility index (Phi) is 6.30. The summed E-state index contributed by atoms with van der Waals surface area (Å²) >= 11 is 0. The number of nitrogens with zero attached hydrogens (tertiary/aromatic N) is 1. The molecule has 1 aliphatic heterocycles. The Morgan fingerprint density at radius 2 is 1.82 bits per heavy atom. The monoisotopic (exact) mass is 319 g/mol. The second kappa shape index (κ2) is 7.36. The van der Waals surface area contributed by atoms with Gasteiger partial charge in [0.1, 0.15) is 6.10 Å². The van der Waals surface area contributed by atoms with Crippen molar-refractivity contribution >= 4 is 11.9 Å². The van der Waals surface area contributed by atoms with Crippen molar-refractivity contribution in [2.75, 3.05) is 35.0 Å². The van der Waals surface area contributed by atoms with Crippen LogP contribution in [0.25, 0.3) is 0 Å². The van der Waals surface area contributed by atoms with Crippen LogP contribution in [0.15, 0.2) is 0 Å². The largest absolute Gasteiger partial charge is 0.481 e. The van der Waals surface area contributed by atoms with Crippen molar-refractivity contribution in [3.63, 3.8) is 0 Å². The number of ether oxygens (including phenoxy) is 4. The van der Waals surface area contributed by atoms with Crippen LogP contribution < -0.4 is 0 Å². The van der Waals surface area contributed by atoms with E-state index in [1.165, 1.54) is 6.92 Å². The van der Waals surface area contributed by atoms with Crippen LogP contribution in [0.4, 0.5) is 0 Å². The van der Waals surface area contributed by atoms with Gasteiger partial charge in [-0.05, 0) is 0 Å². The van der Waals surface area contributed by atoms with E-state index >= 15 is 0 Å². The summed E-state index contributed by atoms with van der Waals surface area (Å²) < 4.78 is 22.1. The molecule has 8 heteroatoms. The highest BCUT2D eigenvalue weighted by Crippen LogP contribution is 2.59. The lowest BCUT2D eigenvalue weighted by Crippen LogP contribution is -2.42. The molecule has 1 aliphatic carbocycles. The number of likely N-dealkylation sites (N-methyl/N-ethyl adjacent to an activating group) is 1. The molecule has 0 aromatic carbocycles. The maximum atomic E-state index is 11.5. The third-order valence-corrected chi connectivity index (χ3v) is 4.00. The summed E-state index contributed by atoms with van der Waals surface area (Å²) in [6, 6.07) is -0.0851. The number of aliphatic carboxylic acids is 1. The first kappa shape index (κ1) is 18.8. The van der Waals surface area contributed by atoms with Gasteiger partial charge < -0.3 is 29.0 Å². The van der Waals surface area contributed by atoms with Gasteiger partial charge in [0, 0.05) is 42.2 Å². The molecular formula is C14H25NO7.